The minimum atomic E-state index is -1.14. The van der Waals surface area contributed by atoms with Crippen LogP contribution in [0.5, 0.6) is 11.5 Å². The minimum absolute atomic E-state index is 0.0508. The molecule has 1 N–H and O–H groups in total. The maximum Gasteiger partial charge on any atom is 0.331 e. The standard InChI is InChI=1S/C22H23F2NO5/c1-4-11-29-19-9-5-15(12-20(19)28-3)6-10-21(26)30-14(2)22(27)25-16-7-8-17(23)18(24)13-16/h5-10,12-14H,4,11H2,1-3H3,(H,25,27)/b10-6+/t14-/m1/s1. The first kappa shape index (κ1) is 22.9. The van der Waals surface area contributed by atoms with Crippen molar-refractivity contribution in [2.24, 2.45) is 0 Å². The zero-order valence-corrected chi connectivity index (χ0v) is 16.9. The van der Waals surface area contributed by atoms with Crippen LogP contribution >= 0.6 is 0 Å². The summed E-state index contributed by atoms with van der Waals surface area (Å²) in [4.78, 5) is 24.1. The first-order chi connectivity index (χ1) is 14.3. The second kappa shape index (κ2) is 10.9. The highest BCUT2D eigenvalue weighted by molar-refractivity contribution is 5.96. The topological polar surface area (TPSA) is 73.9 Å². The van der Waals surface area contributed by atoms with Crippen molar-refractivity contribution in [2.45, 2.75) is 26.4 Å². The van der Waals surface area contributed by atoms with E-state index in [1.807, 2.05) is 6.92 Å². The van der Waals surface area contributed by atoms with E-state index < -0.39 is 29.6 Å². The highest BCUT2D eigenvalue weighted by atomic mass is 19.2. The van der Waals surface area contributed by atoms with Gasteiger partial charge in [0.15, 0.2) is 29.2 Å². The van der Waals surface area contributed by atoms with E-state index in [2.05, 4.69) is 5.32 Å². The summed E-state index contributed by atoms with van der Waals surface area (Å²) in [6.07, 6.45) is 2.39. The maximum atomic E-state index is 13.2. The molecule has 6 nitrogen and oxygen atoms in total. The molecular formula is C22H23F2NO5. The highest BCUT2D eigenvalue weighted by Crippen LogP contribution is 2.28. The summed E-state index contributed by atoms with van der Waals surface area (Å²) >= 11 is 0. The van der Waals surface area contributed by atoms with Crippen LogP contribution in [0.25, 0.3) is 6.08 Å². The summed E-state index contributed by atoms with van der Waals surface area (Å²) in [7, 11) is 1.52. The molecule has 2 aromatic rings. The lowest BCUT2D eigenvalue weighted by Gasteiger charge is -2.12. The fraction of sp³-hybridized carbons (Fsp3) is 0.273. The number of benzene rings is 2. The molecule has 0 saturated heterocycles. The number of esters is 1. The lowest BCUT2D eigenvalue weighted by Crippen LogP contribution is -2.29. The van der Waals surface area contributed by atoms with E-state index in [1.54, 1.807) is 18.2 Å². The fourth-order valence-electron chi connectivity index (χ4n) is 2.37. The molecule has 160 valence electrons. The average Bonchev–Trinajstić information content (AvgIpc) is 2.73. The third-order valence-electron chi connectivity index (χ3n) is 3.91. The van der Waals surface area contributed by atoms with Crippen LogP contribution in [0.3, 0.4) is 0 Å². The van der Waals surface area contributed by atoms with Crippen molar-refractivity contribution in [3.63, 3.8) is 0 Å². The molecule has 1 atom stereocenters. The van der Waals surface area contributed by atoms with E-state index in [1.165, 1.54) is 32.3 Å². The van der Waals surface area contributed by atoms with Crippen LogP contribution in [0.15, 0.2) is 42.5 Å². The van der Waals surface area contributed by atoms with Crippen LogP contribution < -0.4 is 14.8 Å². The van der Waals surface area contributed by atoms with Gasteiger partial charge in [-0.1, -0.05) is 13.0 Å². The van der Waals surface area contributed by atoms with E-state index in [9.17, 15) is 18.4 Å². The Kier molecular flexibility index (Phi) is 8.34. The SMILES string of the molecule is CCCOc1ccc(/C=C/C(=O)O[C@H](C)C(=O)Nc2ccc(F)c(F)c2)cc1OC. The first-order valence-electron chi connectivity index (χ1n) is 9.29. The molecule has 0 saturated carbocycles. The van der Waals surface area contributed by atoms with Gasteiger partial charge in [0.25, 0.3) is 5.91 Å². The largest absolute Gasteiger partial charge is 0.493 e. The lowest BCUT2D eigenvalue weighted by atomic mass is 10.2. The zero-order valence-electron chi connectivity index (χ0n) is 16.9. The number of carbonyl (C=O) groups is 2. The predicted molar refractivity (Wildman–Crippen MR) is 108 cm³/mol. The maximum absolute atomic E-state index is 13.2. The van der Waals surface area contributed by atoms with Crippen molar-refractivity contribution in [3.8, 4) is 11.5 Å². The molecule has 0 spiro atoms. The van der Waals surface area contributed by atoms with Crippen molar-refractivity contribution in [2.75, 3.05) is 19.0 Å². The molecule has 0 aliphatic heterocycles. The number of carbonyl (C=O) groups excluding carboxylic acids is 2. The molecule has 0 aliphatic carbocycles. The number of hydrogen-bond donors (Lipinski definition) is 1. The number of anilines is 1. The van der Waals surface area contributed by atoms with Crippen molar-refractivity contribution < 1.29 is 32.6 Å². The summed E-state index contributed by atoms with van der Waals surface area (Å²) in [5.41, 5.74) is 0.723. The van der Waals surface area contributed by atoms with Crippen molar-refractivity contribution in [3.05, 3.63) is 59.7 Å². The van der Waals surface area contributed by atoms with Gasteiger partial charge in [-0.15, -0.1) is 0 Å². The molecule has 30 heavy (non-hydrogen) atoms. The quantitative estimate of drug-likeness (QED) is 0.483. The zero-order chi connectivity index (χ0) is 22.1. The Morgan fingerprint density at radius 3 is 2.53 bits per heavy atom. The van der Waals surface area contributed by atoms with E-state index in [0.29, 0.717) is 23.7 Å². The van der Waals surface area contributed by atoms with E-state index in [-0.39, 0.29) is 5.69 Å². The number of amides is 1. The van der Waals surface area contributed by atoms with Crippen LogP contribution in [0.1, 0.15) is 25.8 Å². The van der Waals surface area contributed by atoms with Gasteiger partial charge in [0.1, 0.15) is 0 Å². The van der Waals surface area contributed by atoms with Crippen LogP contribution in [0.2, 0.25) is 0 Å². The summed E-state index contributed by atoms with van der Waals surface area (Å²) < 4.78 is 42.0. The summed E-state index contributed by atoms with van der Waals surface area (Å²) in [6.45, 7) is 3.92. The van der Waals surface area contributed by atoms with Crippen LogP contribution in [0, 0.1) is 11.6 Å². The highest BCUT2D eigenvalue weighted by Gasteiger charge is 2.17. The Balaban J connectivity index is 1.94. The van der Waals surface area contributed by atoms with Crippen LogP contribution in [-0.2, 0) is 14.3 Å². The third-order valence-corrected chi connectivity index (χ3v) is 3.91. The smallest absolute Gasteiger partial charge is 0.331 e. The second-order valence-electron chi connectivity index (χ2n) is 6.29. The predicted octanol–water partition coefficient (Wildman–Crippen LogP) is 4.35. The Morgan fingerprint density at radius 2 is 1.87 bits per heavy atom. The summed E-state index contributed by atoms with van der Waals surface area (Å²) in [5, 5.41) is 2.35. The van der Waals surface area contributed by atoms with Crippen molar-refractivity contribution in [1.82, 2.24) is 0 Å². The Morgan fingerprint density at radius 1 is 1.10 bits per heavy atom. The van der Waals surface area contributed by atoms with Gasteiger partial charge in [0.2, 0.25) is 0 Å². The summed E-state index contributed by atoms with van der Waals surface area (Å²) in [6, 6.07) is 8.11. The monoisotopic (exact) mass is 419 g/mol. The summed E-state index contributed by atoms with van der Waals surface area (Å²) in [5.74, 6) is -2.42. The molecule has 2 rings (SSSR count). The number of nitrogens with one attached hydrogen (secondary N) is 1. The fourth-order valence-corrected chi connectivity index (χ4v) is 2.37. The molecule has 0 aromatic heterocycles. The van der Waals surface area contributed by atoms with E-state index in [0.717, 1.165) is 18.6 Å². The molecule has 0 bridgehead atoms. The van der Waals surface area contributed by atoms with Gasteiger partial charge in [-0.3, -0.25) is 4.79 Å². The van der Waals surface area contributed by atoms with Crippen LogP contribution in [0.4, 0.5) is 14.5 Å². The molecule has 2 aromatic carbocycles. The number of methoxy groups -OCH3 is 1. The Hall–Kier alpha value is -3.42. The molecule has 0 aliphatic rings. The number of hydrogen-bond acceptors (Lipinski definition) is 5. The Labute approximate surface area is 173 Å². The number of rotatable bonds is 9. The van der Waals surface area contributed by atoms with Crippen molar-refractivity contribution in [1.29, 1.82) is 0 Å². The molecule has 0 unspecified atom stereocenters. The minimum Gasteiger partial charge on any atom is -0.493 e. The first-order valence-corrected chi connectivity index (χ1v) is 9.29. The van der Waals surface area contributed by atoms with Gasteiger partial charge in [-0.2, -0.15) is 0 Å². The van der Waals surface area contributed by atoms with Crippen molar-refractivity contribution >= 4 is 23.6 Å². The van der Waals surface area contributed by atoms with E-state index >= 15 is 0 Å². The van der Waals surface area contributed by atoms with Gasteiger partial charge in [0.05, 0.1) is 13.7 Å². The average molecular weight is 419 g/mol. The molecule has 0 radical (unpaired) electrons. The number of halogens is 2. The van der Waals surface area contributed by atoms with Gasteiger partial charge in [0, 0.05) is 17.8 Å². The van der Waals surface area contributed by atoms with Crippen LogP contribution in [-0.4, -0.2) is 31.7 Å². The number of ether oxygens (including phenoxy) is 3. The molecule has 1 amide bonds. The molecular weight excluding hydrogens is 396 g/mol. The normalized spacial score (nSPS) is 11.8. The molecule has 0 heterocycles. The molecule has 8 heteroatoms. The van der Waals surface area contributed by atoms with Gasteiger partial charge < -0.3 is 19.5 Å². The van der Waals surface area contributed by atoms with Gasteiger partial charge in [-0.25, -0.2) is 13.6 Å². The Bertz CT molecular complexity index is 930. The molecule has 0 fully saturated rings. The van der Waals surface area contributed by atoms with Gasteiger partial charge >= 0.3 is 5.97 Å². The lowest BCUT2D eigenvalue weighted by molar-refractivity contribution is -0.148. The second-order valence-corrected chi connectivity index (χ2v) is 6.29. The van der Waals surface area contributed by atoms with Gasteiger partial charge in [-0.05, 0) is 49.2 Å². The van der Waals surface area contributed by atoms with E-state index in [4.69, 9.17) is 14.2 Å². The third kappa shape index (κ3) is 6.58.